The predicted octanol–water partition coefficient (Wildman–Crippen LogP) is 0.492. The van der Waals surface area contributed by atoms with E-state index in [2.05, 4.69) is 22.9 Å². The summed E-state index contributed by atoms with van der Waals surface area (Å²) < 4.78 is 0. The van der Waals surface area contributed by atoms with Crippen molar-refractivity contribution < 1.29 is 4.79 Å². The number of likely N-dealkylation sites (N-methyl/N-ethyl adjacent to an activating group) is 1. The molecule has 4 nitrogen and oxygen atoms in total. The van der Waals surface area contributed by atoms with E-state index in [0.29, 0.717) is 5.92 Å². The molecule has 0 aromatic heterocycles. The van der Waals surface area contributed by atoms with Crippen LogP contribution in [0.1, 0.15) is 32.6 Å². The van der Waals surface area contributed by atoms with Crippen LogP contribution in [-0.4, -0.2) is 38.6 Å². The summed E-state index contributed by atoms with van der Waals surface area (Å²) in [6.45, 7) is 6.58. The molecule has 0 aromatic carbocycles. The summed E-state index contributed by atoms with van der Waals surface area (Å²) in [6.07, 6.45) is 4.78. The van der Waals surface area contributed by atoms with Gasteiger partial charge in [-0.05, 0) is 31.8 Å². The molecule has 1 heterocycles. The van der Waals surface area contributed by atoms with Gasteiger partial charge in [-0.3, -0.25) is 4.79 Å². The highest BCUT2D eigenvalue weighted by Gasteiger charge is 2.49. The molecule has 17 heavy (non-hydrogen) atoms. The van der Waals surface area contributed by atoms with E-state index in [1.807, 2.05) is 0 Å². The van der Waals surface area contributed by atoms with Crippen LogP contribution in [0.2, 0.25) is 0 Å². The van der Waals surface area contributed by atoms with Crippen molar-refractivity contribution in [2.45, 2.75) is 32.6 Å². The smallest absolute Gasteiger partial charge is 0.227 e. The van der Waals surface area contributed by atoms with Crippen LogP contribution in [-0.2, 0) is 4.79 Å². The number of carbonyl (C=O) groups is 1. The van der Waals surface area contributed by atoms with Crippen molar-refractivity contribution in [3.05, 3.63) is 0 Å². The highest BCUT2D eigenvalue weighted by atomic mass is 16.2. The monoisotopic (exact) mass is 239 g/mol. The first-order chi connectivity index (χ1) is 8.29. The third kappa shape index (κ3) is 2.63. The van der Waals surface area contributed by atoms with Gasteiger partial charge in [0.15, 0.2) is 0 Å². The summed E-state index contributed by atoms with van der Waals surface area (Å²) in [6, 6.07) is 0. The van der Waals surface area contributed by atoms with E-state index in [9.17, 15) is 4.79 Å². The van der Waals surface area contributed by atoms with Gasteiger partial charge < -0.3 is 16.0 Å². The van der Waals surface area contributed by atoms with Crippen LogP contribution in [0.25, 0.3) is 0 Å². The summed E-state index contributed by atoms with van der Waals surface area (Å²) in [5, 5.41) is 9.75. The number of hydrogen-bond acceptors (Lipinski definition) is 3. The second-order valence-corrected chi connectivity index (χ2v) is 5.34. The largest absolute Gasteiger partial charge is 0.354 e. The normalized spacial score (nSPS) is 32.2. The van der Waals surface area contributed by atoms with Crippen molar-refractivity contribution in [3.63, 3.8) is 0 Å². The Bertz CT molecular complexity index is 269. The molecule has 4 heteroatoms. The van der Waals surface area contributed by atoms with E-state index in [4.69, 9.17) is 0 Å². The lowest BCUT2D eigenvalue weighted by molar-refractivity contribution is -0.133. The Labute approximate surface area is 104 Å². The van der Waals surface area contributed by atoms with Crippen molar-refractivity contribution in [3.8, 4) is 0 Å². The molecule has 0 spiro atoms. The first-order valence-electron chi connectivity index (χ1n) is 6.99. The first kappa shape index (κ1) is 12.8. The second kappa shape index (κ2) is 5.83. The number of nitrogens with one attached hydrogen (secondary N) is 3. The second-order valence-electron chi connectivity index (χ2n) is 5.34. The zero-order chi connectivity index (χ0) is 12.1. The van der Waals surface area contributed by atoms with E-state index < -0.39 is 0 Å². The van der Waals surface area contributed by atoms with Crippen molar-refractivity contribution in [1.82, 2.24) is 16.0 Å². The maximum Gasteiger partial charge on any atom is 0.227 e. The van der Waals surface area contributed by atoms with Gasteiger partial charge in [0.1, 0.15) is 0 Å². The maximum absolute atomic E-state index is 12.4. The van der Waals surface area contributed by atoms with Crippen LogP contribution < -0.4 is 16.0 Å². The van der Waals surface area contributed by atoms with Gasteiger partial charge in [-0.15, -0.1) is 0 Å². The predicted molar refractivity (Wildman–Crippen MR) is 68.8 cm³/mol. The number of hydrogen-bond donors (Lipinski definition) is 3. The minimum Gasteiger partial charge on any atom is -0.354 e. The third-order valence-corrected chi connectivity index (χ3v) is 4.33. The lowest BCUT2D eigenvalue weighted by Gasteiger charge is -2.37. The maximum atomic E-state index is 12.4. The Kier molecular flexibility index (Phi) is 4.40. The molecule has 1 aliphatic heterocycles. The fourth-order valence-corrected chi connectivity index (χ4v) is 3.31. The Balaban J connectivity index is 1.87. The van der Waals surface area contributed by atoms with E-state index in [0.717, 1.165) is 39.1 Å². The summed E-state index contributed by atoms with van der Waals surface area (Å²) in [5.41, 5.74) is -0.0928. The molecular formula is C13H25N3O. The molecule has 0 radical (unpaired) electrons. The molecule has 1 saturated carbocycles. The molecule has 2 atom stereocenters. The molecule has 1 aliphatic carbocycles. The SMILES string of the molecule is CCNCCNC(=O)[C@@]12CCCC[C@H]1CNC2. The average molecular weight is 239 g/mol. The van der Waals surface area contributed by atoms with Gasteiger partial charge >= 0.3 is 0 Å². The summed E-state index contributed by atoms with van der Waals surface area (Å²) >= 11 is 0. The fraction of sp³-hybridized carbons (Fsp3) is 0.923. The lowest BCUT2D eigenvalue weighted by Crippen LogP contribution is -2.49. The van der Waals surface area contributed by atoms with E-state index in [-0.39, 0.29) is 11.3 Å². The van der Waals surface area contributed by atoms with Crippen LogP contribution in [0, 0.1) is 11.3 Å². The van der Waals surface area contributed by atoms with Crippen molar-refractivity contribution in [1.29, 1.82) is 0 Å². The van der Waals surface area contributed by atoms with Gasteiger partial charge in [0, 0.05) is 19.6 Å². The Morgan fingerprint density at radius 2 is 2.29 bits per heavy atom. The van der Waals surface area contributed by atoms with Gasteiger partial charge in [0.25, 0.3) is 0 Å². The molecule has 98 valence electrons. The zero-order valence-corrected chi connectivity index (χ0v) is 10.8. The molecule has 0 unspecified atom stereocenters. The fourth-order valence-electron chi connectivity index (χ4n) is 3.31. The minimum atomic E-state index is -0.0928. The van der Waals surface area contributed by atoms with E-state index in [1.165, 1.54) is 19.3 Å². The van der Waals surface area contributed by atoms with Crippen LogP contribution in [0.3, 0.4) is 0 Å². The molecule has 2 fully saturated rings. The molecule has 1 amide bonds. The number of rotatable bonds is 5. The van der Waals surface area contributed by atoms with Gasteiger partial charge in [0.05, 0.1) is 5.41 Å². The first-order valence-corrected chi connectivity index (χ1v) is 6.99. The van der Waals surface area contributed by atoms with Crippen molar-refractivity contribution >= 4 is 5.91 Å². The van der Waals surface area contributed by atoms with E-state index in [1.54, 1.807) is 0 Å². The number of amides is 1. The summed E-state index contributed by atoms with van der Waals surface area (Å²) in [4.78, 5) is 12.4. The quantitative estimate of drug-likeness (QED) is 0.612. The Morgan fingerprint density at radius 3 is 3.12 bits per heavy atom. The lowest BCUT2D eigenvalue weighted by atomic mass is 9.67. The van der Waals surface area contributed by atoms with Crippen LogP contribution in [0.4, 0.5) is 0 Å². The van der Waals surface area contributed by atoms with Crippen LogP contribution in [0.5, 0.6) is 0 Å². The topological polar surface area (TPSA) is 53.2 Å². The van der Waals surface area contributed by atoms with E-state index >= 15 is 0 Å². The number of carbonyl (C=O) groups excluding carboxylic acids is 1. The standard InChI is InChI=1S/C13H25N3O/c1-2-14-7-8-16-12(17)13-6-4-3-5-11(13)9-15-10-13/h11,14-15H,2-10H2,1H3,(H,16,17)/t11-,13+/m0/s1. The van der Waals surface area contributed by atoms with Gasteiger partial charge in [-0.1, -0.05) is 19.8 Å². The molecule has 0 bridgehead atoms. The van der Waals surface area contributed by atoms with Crippen molar-refractivity contribution in [2.75, 3.05) is 32.7 Å². The third-order valence-electron chi connectivity index (χ3n) is 4.33. The summed E-state index contributed by atoms with van der Waals surface area (Å²) in [5.74, 6) is 0.848. The zero-order valence-electron chi connectivity index (χ0n) is 10.8. The molecular weight excluding hydrogens is 214 g/mol. The summed E-state index contributed by atoms with van der Waals surface area (Å²) in [7, 11) is 0. The minimum absolute atomic E-state index is 0.0928. The Morgan fingerprint density at radius 1 is 1.41 bits per heavy atom. The van der Waals surface area contributed by atoms with Gasteiger partial charge in [-0.25, -0.2) is 0 Å². The van der Waals surface area contributed by atoms with Gasteiger partial charge in [0.2, 0.25) is 5.91 Å². The van der Waals surface area contributed by atoms with Crippen LogP contribution in [0.15, 0.2) is 0 Å². The Hall–Kier alpha value is -0.610. The molecule has 2 aliphatic rings. The molecule has 3 N–H and O–H groups in total. The molecule has 2 rings (SSSR count). The van der Waals surface area contributed by atoms with Crippen molar-refractivity contribution in [2.24, 2.45) is 11.3 Å². The average Bonchev–Trinajstić information content (AvgIpc) is 2.79. The molecule has 1 saturated heterocycles. The number of fused-ring (bicyclic) bond motifs is 1. The van der Waals surface area contributed by atoms with Gasteiger partial charge in [-0.2, -0.15) is 0 Å². The highest BCUT2D eigenvalue weighted by molar-refractivity contribution is 5.83. The highest BCUT2D eigenvalue weighted by Crippen LogP contribution is 2.43. The molecule has 0 aromatic rings. The van der Waals surface area contributed by atoms with Crippen LogP contribution >= 0.6 is 0 Å².